The molecule has 0 spiro atoms. The molecule has 0 bridgehead atoms. The van der Waals surface area contributed by atoms with Gasteiger partial charge in [-0.15, -0.1) is 0 Å². The van der Waals surface area contributed by atoms with Crippen molar-refractivity contribution in [3.63, 3.8) is 0 Å². The van der Waals surface area contributed by atoms with E-state index in [2.05, 4.69) is 66.8 Å². The minimum Gasteiger partial charge on any atom is -0.384 e. The summed E-state index contributed by atoms with van der Waals surface area (Å²) in [6, 6.07) is 18.9. The molecule has 0 aromatic heterocycles. The molecule has 2 aromatic rings. The van der Waals surface area contributed by atoms with Crippen molar-refractivity contribution >= 4 is 5.69 Å². The smallest absolute Gasteiger partial charge is 0.0369 e. The van der Waals surface area contributed by atoms with Crippen LogP contribution < -0.4 is 5.32 Å². The molecular weight excluding hydrogens is 218 g/mol. The number of aryl methyl sites for hydroxylation is 1. The van der Waals surface area contributed by atoms with Gasteiger partial charge in [-0.1, -0.05) is 62.4 Å². The van der Waals surface area contributed by atoms with E-state index in [1.165, 1.54) is 16.8 Å². The van der Waals surface area contributed by atoms with Gasteiger partial charge in [0.25, 0.3) is 0 Å². The first-order chi connectivity index (χ1) is 8.86. The lowest BCUT2D eigenvalue weighted by Gasteiger charge is -2.08. The summed E-state index contributed by atoms with van der Waals surface area (Å²) in [6.45, 7) is 7.11. The lowest BCUT2D eigenvalue weighted by Crippen LogP contribution is -2.05. The fourth-order valence-electron chi connectivity index (χ4n) is 1.76. The lowest BCUT2D eigenvalue weighted by molar-refractivity contribution is 1.02. The number of rotatable bonds is 4. The number of nitrogens with one attached hydrogen (secondary N) is 1. The van der Waals surface area contributed by atoms with Gasteiger partial charge in [0.05, 0.1) is 0 Å². The first-order valence-electron chi connectivity index (χ1n) is 6.70. The van der Waals surface area contributed by atoms with Crippen LogP contribution in [0.4, 0.5) is 5.69 Å². The Bertz CT molecular complexity index is 434. The maximum Gasteiger partial charge on any atom is 0.0369 e. The van der Waals surface area contributed by atoms with Crippen molar-refractivity contribution in [2.45, 2.75) is 27.2 Å². The minimum atomic E-state index is 0.981. The van der Waals surface area contributed by atoms with E-state index in [1.807, 2.05) is 13.8 Å². The van der Waals surface area contributed by atoms with Gasteiger partial charge in [0.1, 0.15) is 0 Å². The molecule has 0 radical (unpaired) electrons. The molecule has 0 aliphatic carbocycles. The van der Waals surface area contributed by atoms with E-state index in [1.54, 1.807) is 0 Å². The van der Waals surface area contributed by atoms with Gasteiger partial charge < -0.3 is 5.32 Å². The molecule has 0 fully saturated rings. The second-order valence-corrected chi connectivity index (χ2v) is 3.98. The summed E-state index contributed by atoms with van der Waals surface area (Å²) in [5, 5.41) is 3.46. The Kier molecular flexibility index (Phi) is 6.63. The maximum absolute atomic E-state index is 3.46. The summed E-state index contributed by atoms with van der Waals surface area (Å²) in [6.07, 6.45) is 1.06. The fourth-order valence-corrected chi connectivity index (χ4v) is 1.76. The van der Waals surface area contributed by atoms with E-state index < -0.39 is 0 Å². The molecule has 1 nitrogen and oxygen atoms in total. The molecule has 0 aliphatic rings. The van der Waals surface area contributed by atoms with Gasteiger partial charge in [-0.05, 0) is 30.5 Å². The van der Waals surface area contributed by atoms with Gasteiger partial charge >= 0.3 is 0 Å². The number of hydrogen-bond donors (Lipinski definition) is 1. The Balaban J connectivity index is 0.000000771. The second kappa shape index (κ2) is 8.35. The van der Waals surface area contributed by atoms with Crippen LogP contribution in [0.25, 0.3) is 0 Å². The highest BCUT2D eigenvalue weighted by atomic mass is 14.9. The quantitative estimate of drug-likeness (QED) is 0.819. The van der Waals surface area contributed by atoms with Crippen molar-refractivity contribution in [1.82, 2.24) is 0 Å². The third-order valence-electron chi connectivity index (χ3n) is 2.72. The van der Waals surface area contributed by atoms with E-state index in [9.17, 15) is 0 Å². The van der Waals surface area contributed by atoms with Crippen molar-refractivity contribution in [1.29, 1.82) is 0 Å². The molecule has 0 atom stereocenters. The van der Waals surface area contributed by atoms with Gasteiger partial charge in [-0.25, -0.2) is 0 Å². The molecule has 1 N–H and O–H groups in total. The summed E-state index contributed by atoms with van der Waals surface area (Å²) in [4.78, 5) is 0. The number of anilines is 1. The number of hydrogen-bond acceptors (Lipinski definition) is 1. The van der Waals surface area contributed by atoms with Crippen LogP contribution in [0.3, 0.4) is 0 Å². The molecule has 0 saturated heterocycles. The fraction of sp³-hybridized carbons (Fsp3) is 0.294. The third-order valence-corrected chi connectivity index (χ3v) is 2.72. The van der Waals surface area contributed by atoms with Gasteiger partial charge in [0.15, 0.2) is 0 Å². The normalized spacial score (nSPS) is 9.28. The zero-order chi connectivity index (χ0) is 13.2. The first kappa shape index (κ1) is 14.3. The maximum atomic E-state index is 3.46. The molecule has 96 valence electrons. The molecule has 0 unspecified atom stereocenters. The number of para-hydroxylation sites is 1. The van der Waals surface area contributed by atoms with E-state index in [4.69, 9.17) is 0 Å². The van der Waals surface area contributed by atoms with E-state index in [0.29, 0.717) is 0 Å². The standard InChI is InChI=1S/C15H17N.C2H6/c1-13-7-5-6-10-15(13)16-12-11-14-8-3-2-4-9-14;1-2/h2-10,16H,11-12H2,1H3;1-2H3. The highest BCUT2D eigenvalue weighted by molar-refractivity contribution is 5.50. The Labute approximate surface area is 111 Å². The summed E-state index contributed by atoms with van der Waals surface area (Å²) in [5.41, 5.74) is 3.91. The van der Waals surface area contributed by atoms with E-state index >= 15 is 0 Å². The molecule has 2 rings (SSSR count). The van der Waals surface area contributed by atoms with Crippen molar-refractivity contribution in [3.8, 4) is 0 Å². The van der Waals surface area contributed by atoms with Crippen molar-refractivity contribution in [2.24, 2.45) is 0 Å². The molecular formula is C17H23N. The molecule has 0 heterocycles. The van der Waals surface area contributed by atoms with Crippen LogP contribution in [0.1, 0.15) is 25.0 Å². The number of benzene rings is 2. The summed E-state index contributed by atoms with van der Waals surface area (Å²) >= 11 is 0. The molecule has 0 amide bonds. The van der Waals surface area contributed by atoms with Gasteiger partial charge in [0.2, 0.25) is 0 Å². The SMILES string of the molecule is CC.Cc1ccccc1NCCc1ccccc1. The van der Waals surface area contributed by atoms with Gasteiger partial charge in [-0.3, -0.25) is 0 Å². The highest BCUT2D eigenvalue weighted by Crippen LogP contribution is 2.12. The van der Waals surface area contributed by atoms with Crippen LogP contribution >= 0.6 is 0 Å². The van der Waals surface area contributed by atoms with Gasteiger partial charge in [0, 0.05) is 12.2 Å². The Morgan fingerprint density at radius 1 is 0.833 bits per heavy atom. The predicted molar refractivity (Wildman–Crippen MR) is 81.2 cm³/mol. The largest absolute Gasteiger partial charge is 0.384 e. The zero-order valence-corrected chi connectivity index (χ0v) is 11.6. The molecule has 0 saturated carbocycles. The monoisotopic (exact) mass is 241 g/mol. The predicted octanol–water partition coefficient (Wildman–Crippen LogP) is 4.68. The Hall–Kier alpha value is -1.76. The summed E-state index contributed by atoms with van der Waals surface area (Å²) in [7, 11) is 0. The average molecular weight is 241 g/mol. The summed E-state index contributed by atoms with van der Waals surface area (Å²) < 4.78 is 0. The second-order valence-electron chi connectivity index (χ2n) is 3.98. The average Bonchev–Trinajstić information content (AvgIpc) is 2.44. The Morgan fingerprint density at radius 2 is 1.44 bits per heavy atom. The van der Waals surface area contributed by atoms with E-state index in [-0.39, 0.29) is 0 Å². The van der Waals surface area contributed by atoms with Crippen molar-refractivity contribution < 1.29 is 0 Å². The molecule has 2 aromatic carbocycles. The van der Waals surface area contributed by atoms with Crippen LogP contribution in [-0.2, 0) is 6.42 Å². The molecule has 0 aliphatic heterocycles. The van der Waals surface area contributed by atoms with Crippen LogP contribution in [0.15, 0.2) is 54.6 Å². The van der Waals surface area contributed by atoms with Crippen LogP contribution in [0.2, 0.25) is 0 Å². The van der Waals surface area contributed by atoms with Crippen molar-refractivity contribution in [3.05, 3.63) is 65.7 Å². The third kappa shape index (κ3) is 4.62. The molecule has 18 heavy (non-hydrogen) atoms. The Morgan fingerprint density at radius 3 is 2.11 bits per heavy atom. The van der Waals surface area contributed by atoms with Crippen LogP contribution in [0, 0.1) is 6.92 Å². The van der Waals surface area contributed by atoms with Crippen LogP contribution in [-0.4, -0.2) is 6.54 Å². The van der Waals surface area contributed by atoms with Gasteiger partial charge in [-0.2, -0.15) is 0 Å². The first-order valence-corrected chi connectivity index (χ1v) is 6.70. The van der Waals surface area contributed by atoms with Crippen molar-refractivity contribution in [2.75, 3.05) is 11.9 Å². The van der Waals surface area contributed by atoms with Crippen LogP contribution in [0.5, 0.6) is 0 Å². The summed E-state index contributed by atoms with van der Waals surface area (Å²) in [5.74, 6) is 0. The topological polar surface area (TPSA) is 12.0 Å². The lowest BCUT2D eigenvalue weighted by atomic mass is 10.1. The highest BCUT2D eigenvalue weighted by Gasteiger charge is 1.95. The minimum absolute atomic E-state index is 0.981. The molecule has 1 heteroatoms. The zero-order valence-electron chi connectivity index (χ0n) is 11.6. The van der Waals surface area contributed by atoms with E-state index in [0.717, 1.165) is 13.0 Å².